The van der Waals surface area contributed by atoms with E-state index in [1.165, 1.54) is 5.56 Å². The molecule has 0 saturated carbocycles. The number of amides is 1. The lowest BCUT2D eigenvalue weighted by atomic mass is 10.1. The van der Waals surface area contributed by atoms with Crippen molar-refractivity contribution in [1.82, 2.24) is 20.3 Å². The zero-order valence-corrected chi connectivity index (χ0v) is 20.3. The third kappa shape index (κ3) is 4.98. The summed E-state index contributed by atoms with van der Waals surface area (Å²) in [5.41, 5.74) is 5.50. The molecule has 1 amide bonds. The summed E-state index contributed by atoms with van der Waals surface area (Å²) >= 11 is 0. The van der Waals surface area contributed by atoms with E-state index in [1.54, 1.807) is 25.7 Å². The molecule has 0 saturated heterocycles. The van der Waals surface area contributed by atoms with Crippen LogP contribution in [-0.2, 0) is 19.6 Å². The van der Waals surface area contributed by atoms with Gasteiger partial charge in [-0.15, -0.1) is 0 Å². The molecule has 8 nitrogen and oxygen atoms in total. The first-order valence-corrected chi connectivity index (χ1v) is 11.8. The van der Waals surface area contributed by atoms with Crippen molar-refractivity contribution < 1.29 is 14.3 Å². The monoisotopic (exact) mass is 481 g/mol. The fraction of sp³-hybridized carbons (Fsp3) is 0.214. The predicted molar refractivity (Wildman–Crippen MR) is 137 cm³/mol. The molecule has 4 aromatic rings. The fourth-order valence-electron chi connectivity index (χ4n) is 4.26. The van der Waals surface area contributed by atoms with Crippen LogP contribution in [0.15, 0.2) is 73.2 Å². The zero-order chi connectivity index (χ0) is 24.9. The molecule has 1 aliphatic rings. The molecular weight excluding hydrogens is 454 g/mol. The highest BCUT2D eigenvalue weighted by atomic mass is 16.5. The first-order valence-electron chi connectivity index (χ1n) is 11.8. The average molecular weight is 482 g/mol. The number of nitrogens with one attached hydrogen (secondary N) is 1. The van der Waals surface area contributed by atoms with Crippen LogP contribution in [-0.4, -0.2) is 34.5 Å². The zero-order valence-electron chi connectivity index (χ0n) is 20.3. The Kier molecular flexibility index (Phi) is 6.75. The Balaban J connectivity index is 1.41. The number of para-hydroxylation sites is 1. The van der Waals surface area contributed by atoms with E-state index in [1.807, 2.05) is 49.4 Å². The summed E-state index contributed by atoms with van der Waals surface area (Å²) in [6.45, 7) is 3.36. The van der Waals surface area contributed by atoms with Crippen molar-refractivity contribution >= 4 is 17.5 Å². The van der Waals surface area contributed by atoms with E-state index in [4.69, 9.17) is 14.5 Å². The highest BCUT2D eigenvalue weighted by Gasteiger charge is 2.24. The SMILES string of the molecule is COc1ccc(COc2nc(N3CCc4ccccc43)ncc2C(=O)NCc2ccncc2)cc1C. The lowest BCUT2D eigenvalue weighted by molar-refractivity contribution is 0.0945. The Morgan fingerprint density at radius 2 is 1.92 bits per heavy atom. The molecule has 0 unspecified atom stereocenters. The van der Waals surface area contributed by atoms with Crippen LogP contribution in [0.2, 0.25) is 0 Å². The molecule has 3 heterocycles. The number of pyridine rings is 1. The number of carbonyl (C=O) groups excluding carboxylic acids is 1. The van der Waals surface area contributed by atoms with Gasteiger partial charge in [0.05, 0.1) is 7.11 Å². The summed E-state index contributed by atoms with van der Waals surface area (Å²) in [5, 5.41) is 2.93. The van der Waals surface area contributed by atoms with Gasteiger partial charge in [0, 0.05) is 37.4 Å². The minimum atomic E-state index is -0.305. The number of hydrogen-bond acceptors (Lipinski definition) is 7. The number of nitrogens with zero attached hydrogens (tertiary/aromatic N) is 4. The van der Waals surface area contributed by atoms with Crippen molar-refractivity contribution in [3.05, 3.63) is 101 Å². The molecule has 8 heteroatoms. The Bertz CT molecular complexity index is 1380. The van der Waals surface area contributed by atoms with Gasteiger partial charge in [-0.3, -0.25) is 9.78 Å². The molecule has 0 atom stereocenters. The molecule has 1 aliphatic heterocycles. The lowest BCUT2D eigenvalue weighted by Gasteiger charge is -2.19. The highest BCUT2D eigenvalue weighted by Crippen LogP contribution is 2.33. The van der Waals surface area contributed by atoms with Gasteiger partial charge in [0.15, 0.2) is 0 Å². The van der Waals surface area contributed by atoms with Gasteiger partial charge in [0.1, 0.15) is 17.9 Å². The van der Waals surface area contributed by atoms with Crippen LogP contribution < -0.4 is 19.7 Å². The number of hydrogen-bond donors (Lipinski definition) is 1. The second kappa shape index (κ2) is 10.4. The summed E-state index contributed by atoms with van der Waals surface area (Å²) in [6.07, 6.45) is 5.84. The Morgan fingerprint density at radius 3 is 2.72 bits per heavy atom. The van der Waals surface area contributed by atoms with Gasteiger partial charge in [0.2, 0.25) is 11.8 Å². The van der Waals surface area contributed by atoms with Crippen molar-refractivity contribution in [2.45, 2.75) is 26.5 Å². The Hall–Kier alpha value is -4.46. The van der Waals surface area contributed by atoms with Crippen LogP contribution in [0.25, 0.3) is 0 Å². The van der Waals surface area contributed by atoms with Crippen LogP contribution in [0, 0.1) is 6.92 Å². The topological polar surface area (TPSA) is 89.5 Å². The summed E-state index contributed by atoms with van der Waals surface area (Å²) < 4.78 is 11.5. The smallest absolute Gasteiger partial charge is 0.258 e. The van der Waals surface area contributed by atoms with Gasteiger partial charge >= 0.3 is 0 Å². The second-order valence-corrected chi connectivity index (χ2v) is 8.55. The molecule has 2 aromatic heterocycles. The van der Waals surface area contributed by atoms with Crippen LogP contribution in [0.5, 0.6) is 11.6 Å². The molecule has 2 aromatic carbocycles. The molecule has 1 N–H and O–H groups in total. The summed E-state index contributed by atoms with van der Waals surface area (Å²) in [5.74, 6) is 1.25. The highest BCUT2D eigenvalue weighted by molar-refractivity contribution is 5.96. The van der Waals surface area contributed by atoms with Gasteiger partial charge in [0.25, 0.3) is 5.91 Å². The summed E-state index contributed by atoms with van der Waals surface area (Å²) in [7, 11) is 1.65. The van der Waals surface area contributed by atoms with Crippen molar-refractivity contribution in [2.24, 2.45) is 0 Å². The fourth-order valence-corrected chi connectivity index (χ4v) is 4.26. The number of methoxy groups -OCH3 is 1. The van der Waals surface area contributed by atoms with Crippen LogP contribution >= 0.6 is 0 Å². The number of ether oxygens (including phenoxy) is 2. The van der Waals surface area contributed by atoms with Crippen molar-refractivity contribution in [2.75, 3.05) is 18.6 Å². The maximum Gasteiger partial charge on any atom is 0.258 e. The third-order valence-electron chi connectivity index (χ3n) is 6.15. The number of aromatic nitrogens is 3. The summed E-state index contributed by atoms with van der Waals surface area (Å²) in [4.78, 5) is 28.4. The van der Waals surface area contributed by atoms with E-state index in [0.29, 0.717) is 12.5 Å². The van der Waals surface area contributed by atoms with Crippen LogP contribution in [0.3, 0.4) is 0 Å². The van der Waals surface area contributed by atoms with E-state index < -0.39 is 0 Å². The molecule has 0 radical (unpaired) electrons. The van der Waals surface area contributed by atoms with E-state index in [2.05, 4.69) is 32.3 Å². The number of aryl methyl sites for hydroxylation is 1. The molecular formula is C28H27N5O3. The normalized spacial score (nSPS) is 12.2. The molecule has 0 fully saturated rings. The number of rotatable bonds is 8. The maximum absolute atomic E-state index is 13.1. The first kappa shape index (κ1) is 23.3. The lowest BCUT2D eigenvalue weighted by Crippen LogP contribution is -2.25. The predicted octanol–water partition coefficient (Wildman–Crippen LogP) is 4.39. The summed E-state index contributed by atoms with van der Waals surface area (Å²) in [6, 6.07) is 17.8. The van der Waals surface area contributed by atoms with Crippen LogP contribution in [0.4, 0.5) is 11.6 Å². The van der Waals surface area contributed by atoms with E-state index in [0.717, 1.165) is 41.1 Å². The molecule has 36 heavy (non-hydrogen) atoms. The van der Waals surface area contributed by atoms with E-state index >= 15 is 0 Å². The molecule has 0 bridgehead atoms. The minimum Gasteiger partial charge on any atom is -0.496 e. The number of anilines is 2. The second-order valence-electron chi connectivity index (χ2n) is 8.55. The first-order chi connectivity index (χ1) is 17.6. The van der Waals surface area contributed by atoms with Crippen molar-refractivity contribution in [1.29, 1.82) is 0 Å². The molecule has 0 spiro atoms. The van der Waals surface area contributed by atoms with Gasteiger partial charge in [-0.05, 0) is 65.9 Å². The van der Waals surface area contributed by atoms with Crippen LogP contribution in [0.1, 0.15) is 32.6 Å². The minimum absolute atomic E-state index is 0.241. The Morgan fingerprint density at radius 1 is 1.08 bits per heavy atom. The van der Waals surface area contributed by atoms with Gasteiger partial charge < -0.3 is 19.7 Å². The molecule has 182 valence electrons. The largest absolute Gasteiger partial charge is 0.496 e. The number of benzene rings is 2. The van der Waals surface area contributed by atoms with Crippen molar-refractivity contribution in [3.63, 3.8) is 0 Å². The van der Waals surface area contributed by atoms with Crippen molar-refractivity contribution in [3.8, 4) is 11.6 Å². The number of carbonyl (C=O) groups is 1. The number of fused-ring (bicyclic) bond motifs is 1. The van der Waals surface area contributed by atoms with Gasteiger partial charge in [-0.1, -0.05) is 24.3 Å². The Labute approximate surface area is 210 Å². The standard InChI is InChI=1S/C28H27N5O3/c1-19-15-21(7-8-25(19)35-2)18-36-27-23(26(34)30-16-20-9-12-29-13-10-20)17-31-28(32-27)33-14-11-22-5-3-4-6-24(22)33/h3-10,12-13,15,17H,11,14,16,18H2,1-2H3,(H,30,34). The van der Waals surface area contributed by atoms with Gasteiger partial charge in [-0.25, -0.2) is 4.98 Å². The third-order valence-corrected chi connectivity index (χ3v) is 6.15. The van der Waals surface area contributed by atoms with E-state index in [-0.39, 0.29) is 24.0 Å². The molecule has 5 rings (SSSR count). The maximum atomic E-state index is 13.1. The van der Waals surface area contributed by atoms with E-state index in [9.17, 15) is 4.79 Å². The quantitative estimate of drug-likeness (QED) is 0.399. The average Bonchev–Trinajstić information content (AvgIpc) is 3.35. The molecule has 0 aliphatic carbocycles. The van der Waals surface area contributed by atoms with Gasteiger partial charge in [-0.2, -0.15) is 4.98 Å².